The third-order valence-electron chi connectivity index (χ3n) is 3.20. The molecule has 2 rings (SSSR count). The van der Waals surface area contributed by atoms with Crippen molar-refractivity contribution < 1.29 is 4.74 Å². The summed E-state index contributed by atoms with van der Waals surface area (Å²) in [5, 5.41) is 3.38. The number of aromatic nitrogens is 2. The van der Waals surface area contributed by atoms with E-state index >= 15 is 0 Å². The average Bonchev–Trinajstić information content (AvgIpc) is 2.79. The van der Waals surface area contributed by atoms with Crippen molar-refractivity contribution >= 4 is 5.95 Å². The van der Waals surface area contributed by atoms with E-state index in [0.717, 1.165) is 25.6 Å². The van der Waals surface area contributed by atoms with Gasteiger partial charge >= 0.3 is 0 Å². The van der Waals surface area contributed by atoms with E-state index in [4.69, 9.17) is 4.74 Å². The summed E-state index contributed by atoms with van der Waals surface area (Å²) >= 11 is 0. The lowest BCUT2D eigenvalue weighted by atomic mass is 10.1. The van der Waals surface area contributed by atoms with Gasteiger partial charge in [-0.3, -0.25) is 0 Å². The summed E-state index contributed by atoms with van der Waals surface area (Å²) in [7, 11) is 0. The summed E-state index contributed by atoms with van der Waals surface area (Å²) in [5.41, 5.74) is 0. The van der Waals surface area contributed by atoms with Gasteiger partial charge in [0.25, 0.3) is 0 Å². The molecule has 1 aromatic rings. The van der Waals surface area contributed by atoms with Crippen LogP contribution in [0.2, 0.25) is 0 Å². The zero-order chi connectivity index (χ0) is 11.9. The van der Waals surface area contributed by atoms with Crippen LogP contribution in [0.4, 0.5) is 5.95 Å². The highest BCUT2D eigenvalue weighted by molar-refractivity contribution is 5.25. The first kappa shape index (κ1) is 12.4. The number of rotatable bonds is 6. The minimum atomic E-state index is 0.365. The Morgan fingerprint density at radius 3 is 3.24 bits per heavy atom. The molecule has 1 unspecified atom stereocenters. The lowest BCUT2D eigenvalue weighted by Crippen LogP contribution is -2.25. The second-order valence-corrected chi connectivity index (χ2v) is 4.67. The van der Waals surface area contributed by atoms with Crippen molar-refractivity contribution in [1.29, 1.82) is 0 Å². The molecule has 4 heteroatoms. The van der Waals surface area contributed by atoms with Crippen LogP contribution in [0, 0.1) is 0 Å². The molecule has 0 amide bonds. The predicted molar refractivity (Wildman–Crippen MR) is 69.2 cm³/mol. The summed E-state index contributed by atoms with van der Waals surface area (Å²) in [6.07, 6.45) is 10.3. The number of hydrogen-bond donors (Lipinski definition) is 1. The Morgan fingerprint density at radius 1 is 1.53 bits per heavy atom. The number of imidazole rings is 1. The highest BCUT2D eigenvalue weighted by Crippen LogP contribution is 2.16. The van der Waals surface area contributed by atoms with Crippen LogP contribution in [-0.2, 0) is 11.3 Å². The van der Waals surface area contributed by atoms with E-state index in [-0.39, 0.29) is 0 Å². The average molecular weight is 237 g/mol. The van der Waals surface area contributed by atoms with E-state index in [0.29, 0.717) is 6.10 Å². The summed E-state index contributed by atoms with van der Waals surface area (Å²) in [5.74, 6) is 0.979. The minimum Gasteiger partial charge on any atom is -0.376 e. The standard InChI is InChI=1S/C13H23N3O/c1-2-3-7-14-13-15-8-9-16(13)11-12-6-4-5-10-17-12/h8-9,12H,2-7,10-11H2,1H3,(H,14,15). The molecular weight excluding hydrogens is 214 g/mol. The predicted octanol–water partition coefficient (Wildman–Crippen LogP) is 2.66. The van der Waals surface area contributed by atoms with Crippen molar-refractivity contribution in [3.63, 3.8) is 0 Å². The Hall–Kier alpha value is -1.03. The Balaban J connectivity index is 1.84. The van der Waals surface area contributed by atoms with Gasteiger partial charge in [-0.05, 0) is 25.7 Å². The first-order valence-electron chi connectivity index (χ1n) is 6.76. The smallest absolute Gasteiger partial charge is 0.202 e. The van der Waals surface area contributed by atoms with Gasteiger partial charge in [0.1, 0.15) is 0 Å². The lowest BCUT2D eigenvalue weighted by Gasteiger charge is -2.23. The van der Waals surface area contributed by atoms with Crippen molar-refractivity contribution in [3.8, 4) is 0 Å². The third-order valence-corrected chi connectivity index (χ3v) is 3.20. The summed E-state index contributed by atoms with van der Waals surface area (Å²) < 4.78 is 7.93. The fraction of sp³-hybridized carbons (Fsp3) is 0.769. The van der Waals surface area contributed by atoms with Gasteiger partial charge in [-0.2, -0.15) is 0 Å². The van der Waals surface area contributed by atoms with Gasteiger partial charge in [0.05, 0.1) is 12.6 Å². The largest absolute Gasteiger partial charge is 0.376 e. The van der Waals surface area contributed by atoms with Gasteiger partial charge in [-0.1, -0.05) is 13.3 Å². The first-order valence-corrected chi connectivity index (χ1v) is 6.76. The zero-order valence-corrected chi connectivity index (χ0v) is 10.7. The SMILES string of the molecule is CCCCNc1nccn1CC1CCCCO1. The molecule has 0 aliphatic carbocycles. The second kappa shape index (κ2) is 6.64. The van der Waals surface area contributed by atoms with E-state index in [1.165, 1.54) is 32.1 Å². The van der Waals surface area contributed by atoms with Crippen LogP contribution < -0.4 is 5.32 Å². The first-order chi connectivity index (χ1) is 8.40. The molecule has 0 aromatic carbocycles. The molecule has 1 atom stereocenters. The number of nitrogens with one attached hydrogen (secondary N) is 1. The Labute approximate surface area is 103 Å². The summed E-state index contributed by atoms with van der Waals surface area (Å²) in [6, 6.07) is 0. The third kappa shape index (κ3) is 3.73. The van der Waals surface area contributed by atoms with Crippen LogP contribution in [-0.4, -0.2) is 28.8 Å². The molecule has 1 aliphatic heterocycles. The lowest BCUT2D eigenvalue weighted by molar-refractivity contribution is 0.00629. The molecule has 4 nitrogen and oxygen atoms in total. The highest BCUT2D eigenvalue weighted by Gasteiger charge is 2.15. The summed E-state index contributed by atoms with van der Waals surface area (Å²) in [6.45, 7) is 5.04. The van der Waals surface area contributed by atoms with Crippen LogP contribution in [0.25, 0.3) is 0 Å². The van der Waals surface area contributed by atoms with Crippen molar-refractivity contribution in [2.75, 3.05) is 18.5 Å². The minimum absolute atomic E-state index is 0.365. The Morgan fingerprint density at radius 2 is 2.47 bits per heavy atom. The van der Waals surface area contributed by atoms with Crippen LogP contribution >= 0.6 is 0 Å². The quantitative estimate of drug-likeness (QED) is 0.773. The van der Waals surface area contributed by atoms with Gasteiger partial charge in [0.15, 0.2) is 0 Å². The summed E-state index contributed by atoms with van der Waals surface area (Å²) in [4.78, 5) is 4.35. The zero-order valence-electron chi connectivity index (χ0n) is 10.7. The van der Waals surface area contributed by atoms with Crippen molar-refractivity contribution in [2.24, 2.45) is 0 Å². The molecule has 0 spiro atoms. The molecule has 0 saturated carbocycles. The topological polar surface area (TPSA) is 39.1 Å². The normalized spacial score (nSPS) is 20.4. The van der Waals surface area contributed by atoms with Crippen LogP contribution in [0.15, 0.2) is 12.4 Å². The number of unbranched alkanes of at least 4 members (excludes halogenated alkanes) is 1. The second-order valence-electron chi connectivity index (χ2n) is 4.67. The number of anilines is 1. The van der Waals surface area contributed by atoms with E-state index in [2.05, 4.69) is 21.8 Å². The van der Waals surface area contributed by atoms with Crippen molar-refractivity contribution in [2.45, 2.75) is 51.7 Å². The fourth-order valence-electron chi connectivity index (χ4n) is 2.17. The monoisotopic (exact) mass is 237 g/mol. The van der Waals surface area contributed by atoms with E-state index < -0.39 is 0 Å². The molecule has 96 valence electrons. The molecule has 1 fully saturated rings. The maximum Gasteiger partial charge on any atom is 0.202 e. The Bertz CT molecular complexity index is 318. The van der Waals surface area contributed by atoms with E-state index in [9.17, 15) is 0 Å². The molecule has 1 saturated heterocycles. The number of hydrogen-bond acceptors (Lipinski definition) is 3. The van der Waals surface area contributed by atoms with Gasteiger partial charge in [-0.25, -0.2) is 4.98 Å². The van der Waals surface area contributed by atoms with Gasteiger partial charge in [-0.15, -0.1) is 0 Å². The van der Waals surface area contributed by atoms with Crippen molar-refractivity contribution in [3.05, 3.63) is 12.4 Å². The van der Waals surface area contributed by atoms with E-state index in [1.807, 2.05) is 12.4 Å². The van der Waals surface area contributed by atoms with Crippen LogP contribution in [0.1, 0.15) is 39.0 Å². The maximum absolute atomic E-state index is 5.76. The van der Waals surface area contributed by atoms with E-state index in [1.54, 1.807) is 0 Å². The van der Waals surface area contributed by atoms with Crippen LogP contribution in [0.3, 0.4) is 0 Å². The number of nitrogens with zero attached hydrogens (tertiary/aromatic N) is 2. The highest BCUT2D eigenvalue weighted by atomic mass is 16.5. The molecule has 2 heterocycles. The maximum atomic E-state index is 5.76. The molecule has 0 bridgehead atoms. The van der Waals surface area contributed by atoms with Crippen molar-refractivity contribution in [1.82, 2.24) is 9.55 Å². The molecule has 1 aromatic heterocycles. The van der Waals surface area contributed by atoms with Gasteiger partial charge < -0.3 is 14.6 Å². The Kier molecular flexibility index (Phi) is 4.86. The van der Waals surface area contributed by atoms with Gasteiger partial charge in [0.2, 0.25) is 5.95 Å². The molecule has 1 aliphatic rings. The fourth-order valence-corrected chi connectivity index (χ4v) is 2.17. The molecule has 1 N–H and O–H groups in total. The van der Waals surface area contributed by atoms with Crippen LogP contribution in [0.5, 0.6) is 0 Å². The molecular formula is C13H23N3O. The molecule has 17 heavy (non-hydrogen) atoms. The van der Waals surface area contributed by atoms with Gasteiger partial charge in [0, 0.05) is 25.5 Å². The molecule has 0 radical (unpaired) electrons. The number of ether oxygens (including phenoxy) is 1.